The minimum Gasteiger partial charge on any atom is -0.346 e. The Balaban J connectivity index is 1.91. The number of pyridine rings is 1. The minimum absolute atomic E-state index is 0.280. The van der Waals surface area contributed by atoms with Crippen molar-refractivity contribution < 1.29 is 14.3 Å². The Kier molecular flexibility index (Phi) is 4.01. The Labute approximate surface area is 112 Å². The lowest BCUT2D eigenvalue weighted by Crippen LogP contribution is -2.43. The summed E-state index contributed by atoms with van der Waals surface area (Å²) < 4.78 is 10.8. The normalized spacial score (nSPS) is 17.2. The molecule has 0 aromatic carbocycles. The van der Waals surface area contributed by atoms with Crippen LogP contribution in [0.15, 0.2) is 12.4 Å². The van der Waals surface area contributed by atoms with E-state index in [0.717, 1.165) is 16.8 Å². The summed E-state index contributed by atoms with van der Waals surface area (Å²) in [5, 5.41) is 5.57. The molecule has 1 aliphatic rings. The Hall–Kier alpha value is -1.66. The van der Waals surface area contributed by atoms with E-state index in [1.165, 1.54) is 0 Å². The largest absolute Gasteiger partial charge is 0.346 e. The third kappa shape index (κ3) is 3.42. The number of hydrogen-bond donors (Lipinski definition) is 2. The third-order valence-electron chi connectivity index (χ3n) is 3.03. The molecular weight excluding hydrogens is 246 g/mol. The van der Waals surface area contributed by atoms with Crippen LogP contribution in [0, 0.1) is 13.8 Å². The first-order valence-corrected chi connectivity index (χ1v) is 6.24. The highest BCUT2D eigenvalue weighted by atomic mass is 16.7. The molecule has 0 spiro atoms. The molecule has 1 fully saturated rings. The molecular formula is C13H19N3O3. The van der Waals surface area contributed by atoms with Gasteiger partial charge in [0.25, 0.3) is 0 Å². The summed E-state index contributed by atoms with van der Waals surface area (Å²) in [6.45, 7) is 7.04. The van der Waals surface area contributed by atoms with Gasteiger partial charge in [0.05, 0.1) is 25.4 Å². The van der Waals surface area contributed by atoms with Gasteiger partial charge in [0.2, 0.25) is 0 Å². The zero-order valence-corrected chi connectivity index (χ0v) is 11.4. The molecule has 2 amide bonds. The van der Waals surface area contributed by atoms with Crippen molar-refractivity contribution in [3.63, 3.8) is 0 Å². The molecule has 1 saturated heterocycles. The van der Waals surface area contributed by atoms with E-state index in [2.05, 4.69) is 15.6 Å². The number of nitrogens with one attached hydrogen (secondary N) is 2. The van der Waals surface area contributed by atoms with Gasteiger partial charge in [0.15, 0.2) is 5.79 Å². The third-order valence-corrected chi connectivity index (χ3v) is 3.03. The lowest BCUT2D eigenvalue weighted by molar-refractivity contribution is -0.136. The van der Waals surface area contributed by atoms with Gasteiger partial charge in [-0.25, -0.2) is 4.79 Å². The van der Waals surface area contributed by atoms with Crippen LogP contribution in [-0.4, -0.2) is 36.6 Å². The molecule has 0 saturated carbocycles. The molecule has 2 rings (SSSR count). The van der Waals surface area contributed by atoms with Crippen LogP contribution >= 0.6 is 0 Å². The maximum atomic E-state index is 11.9. The second kappa shape index (κ2) is 5.54. The van der Waals surface area contributed by atoms with Crippen LogP contribution in [0.4, 0.5) is 10.5 Å². The average molecular weight is 265 g/mol. The van der Waals surface area contributed by atoms with E-state index in [1.807, 2.05) is 20.8 Å². The number of aromatic nitrogens is 1. The summed E-state index contributed by atoms with van der Waals surface area (Å²) in [6, 6.07) is -0.280. The quantitative estimate of drug-likeness (QED) is 0.870. The summed E-state index contributed by atoms with van der Waals surface area (Å²) in [5.41, 5.74) is 2.63. The van der Waals surface area contributed by atoms with Crippen molar-refractivity contribution in [2.45, 2.75) is 26.6 Å². The van der Waals surface area contributed by atoms with Crippen LogP contribution < -0.4 is 10.6 Å². The number of aryl methyl sites for hydroxylation is 2. The van der Waals surface area contributed by atoms with E-state index in [1.54, 1.807) is 12.4 Å². The molecule has 6 nitrogen and oxygen atoms in total. The van der Waals surface area contributed by atoms with Crippen molar-refractivity contribution in [2.24, 2.45) is 0 Å². The molecule has 1 aromatic heterocycles. The lowest BCUT2D eigenvalue weighted by atomic mass is 10.2. The van der Waals surface area contributed by atoms with Gasteiger partial charge in [-0.2, -0.15) is 0 Å². The summed E-state index contributed by atoms with van der Waals surface area (Å²) in [6.07, 6.45) is 3.43. The van der Waals surface area contributed by atoms with E-state index in [0.29, 0.717) is 19.8 Å². The summed E-state index contributed by atoms with van der Waals surface area (Å²) >= 11 is 0. The fourth-order valence-corrected chi connectivity index (χ4v) is 1.96. The van der Waals surface area contributed by atoms with Crippen molar-refractivity contribution >= 4 is 11.7 Å². The van der Waals surface area contributed by atoms with E-state index in [9.17, 15) is 4.79 Å². The molecule has 0 atom stereocenters. The standard InChI is InChI=1S/C13H19N3O3/c1-9-6-14-7-10(2)11(9)16-12(17)15-8-13(3)18-4-5-19-13/h6-7H,4-5,8H2,1-3H3,(H2,14,15,16,17). The molecule has 6 heteroatoms. The number of rotatable bonds is 3. The molecule has 1 aromatic rings. The minimum atomic E-state index is -0.723. The predicted molar refractivity (Wildman–Crippen MR) is 71.0 cm³/mol. The van der Waals surface area contributed by atoms with Crippen molar-refractivity contribution in [1.82, 2.24) is 10.3 Å². The fraction of sp³-hybridized carbons (Fsp3) is 0.538. The van der Waals surface area contributed by atoms with Gasteiger partial charge in [0, 0.05) is 12.4 Å². The van der Waals surface area contributed by atoms with Gasteiger partial charge in [-0.05, 0) is 31.9 Å². The maximum absolute atomic E-state index is 11.9. The second-order valence-electron chi connectivity index (χ2n) is 4.79. The number of anilines is 1. The second-order valence-corrected chi connectivity index (χ2v) is 4.79. The molecule has 0 aliphatic carbocycles. The molecule has 0 bridgehead atoms. The van der Waals surface area contributed by atoms with Crippen LogP contribution in [0.3, 0.4) is 0 Å². The van der Waals surface area contributed by atoms with Crippen LogP contribution in [0.5, 0.6) is 0 Å². The highest BCUT2D eigenvalue weighted by Crippen LogP contribution is 2.19. The van der Waals surface area contributed by atoms with E-state index in [4.69, 9.17) is 9.47 Å². The van der Waals surface area contributed by atoms with Crippen molar-refractivity contribution in [3.8, 4) is 0 Å². The summed E-state index contributed by atoms with van der Waals surface area (Å²) in [7, 11) is 0. The van der Waals surface area contributed by atoms with Gasteiger partial charge >= 0.3 is 6.03 Å². The van der Waals surface area contributed by atoms with Gasteiger partial charge in [-0.1, -0.05) is 0 Å². The molecule has 0 unspecified atom stereocenters. The Morgan fingerprint density at radius 3 is 2.47 bits per heavy atom. The molecule has 104 valence electrons. The average Bonchev–Trinajstić information content (AvgIpc) is 2.79. The van der Waals surface area contributed by atoms with Gasteiger partial charge in [0.1, 0.15) is 0 Å². The van der Waals surface area contributed by atoms with Gasteiger partial charge in [-0.3, -0.25) is 4.98 Å². The zero-order valence-electron chi connectivity index (χ0n) is 11.4. The van der Waals surface area contributed by atoms with Crippen LogP contribution in [0.2, 0.25) is 0 Å². The first-order chi connectivity index (χ1) is 9.00. The number of nitrogens with zero attached hydrogens (tertiary/aromatic N) is 1. The summed E-state index contributed by atoms with van der Waals surface area (Å²) in [5.74, 6) is -0.723. The smallest absolute Gasteiger partial charge is 0.319 e. The predicted octanol–water partition coefficient (Wildman–Crippen LogP) is 1.58. The number of carbonyl (C=O) groups excluding carboxylic acids is 1. The van der Waals surface area contributed by atoms with Crippen LogP contribution in [0.1, 0.15) is 18.1 Å². The molecule has 0 radical (unpaired) electrons. The maximum Gasteiger partial charge on any atom is 0.319 e. The van der Waals surface area contributed by atoms with Crippen LogP contribution in [0.25, 0.3) is 0 Å². The lowest BCUT2D eigenvalue weighted by Gasteiger charge is -2.22. The number of urea groups is 1. The highest BCUT2D eigenvalue weighted by molar-refractivity contribution is 5.90. The van der Waals surface area contributed by atoms with Crippen molar-refractivity contribution in [3.05, 3.63) is 23.5 Å². The number of hydrogen-bond acceptors (Lipinski definition) is 4. The Bertz CT molecular complexity index is 450. The van der Waals surface area contributed by atoms with Gasteiger partial charge in [-0.15, -0.1) is 0 Å². The van der Waals surface area contributed by atoms with Gasteiger partial charge < -0.3 is 20.1 Å². The highest BCUT2D eigenvalue weighted by Gasteiger charge is 2.31. The van der Waals surface area contributed by atoms with Crippen LogP contribution in [-0.2, 0) is 9.47 Å². The Morgan fingerprint density at radius 1 is 1.32 bits per heavy atom. The first-order valence-electron chi connectivity index (χ1n) is 6.24. The van der Waals surface area contributed by atoms with E-state index in [-0.39, 0.29) is 6.03 Å². The number of ether oxygens (including phenoxy) is 2. The molecule has 1 aliphatic heterocycles. The molecule has 19 heavy (non-hydrogen) atoms. The molecule has 2 N–H and O–H groups in total. The number of carbonyl (C=O) groups is 1. The molecule has 2 heterocycles. The Morgan fingerprint density at radius 2 is 1.89 bits per heavy atom. The first kappa shape index (κ1) is 13.8. The topological polar surface area (TPSA) is 72.5 Å². The van der Waals surface area contributed by atoms with Crippen molar-refractivity contribution in [1.29, 1.82) is 0 Å². The van der Waals surface area contributed by atoms with E-state index >= 15 is 0 Å². The zero-order chi connectivity index (χ0) is 13.9. The number of amides is 2. The SMILES string of the molecule is Cc1cncc(C)c1NC(=O)NCC1(C)OCCO1. The van der Waals surface area contributed by atoms with Crippen molar-refractivity contribution in [2.75, 3.05) is 25.1 Å². The monoisotopic (exact) mass is 265 g/mol. The van der Waals surface area contributed by atoms with E-state index < -0.39 is 5.79 Å². The summed E-state index contributed by atoms with van der Waals surface area (Å²) in [4.78, 5) is 15.9. The fourth-order valence-electron chi connectivity index (χ4n) is 1.96.